The maximum atomic E-state index is 6.33. The first-order valence-electron chi connectivity index (χ1n) is 9.13. The van der Waals surface area contributed by atoms with E-state index in [4.69, 9.17) is 23.2 Å². The second-order valence-electron chi connectivity index (χ2n) is 6.50. The fourth-order valence-electron chi connectivity index (χ4n) is 2.64. The Kier molecular flexibility index (Phi) is 16.7. The quantitative estimate of drug-likeness (QED) is 0.157. The van der Waals surface area contributed by atoms with Crippen LogP contribution in [0.2, 0.25) is 0 Å². The minimum Gasteiger partial charge on any atom is -0.104 e. The summed E-state index contributed by atoms with van der Waals surface area (Å²) in [4.78, 5) is -0.251. The minimum absolute atomic E-state index is 0.251. The van der Waals surface area contributed by atoms with Gasteiger partial charge in [0.15, 0.2) is 0 Å². The summed E-state index contributed by atoms with van der Waals surface area (Å²) in [7, 11) is 3.86. The summed E-state index contributed by atoms with van der Waals surface area (Å²) in [5.74, 6) is 0.671. The summed E-state index contributed by atoms with van der Waals surface area (Å²) >= 11 is 12.7. The Balaban J connectivity index is 4.44. The van der Waals surface area contributed by atoms with Crippen LogP contribution in [-0.4, -0.2) is 15.3 Å². The first kappa shape index (κ1) is 23.3. The van der Waals surface area contributed by atoms with E-state index in [1.54, 1.807) is 0 Å². The zero-order valence-electron chi connectivity index (χ0n) is 15.0. The first-order valence-corrected chi connectivity index (χ1v) is 12.3. The van der Waals surface area contributed by atoms with Crippen molar-refractivity contribution in [2.24, 2.45) is 5.92 Å². The molecular weight excluding hydrogens is 351 g/mol. The molecule has 0 amide bonds. The van der Waals surface area contributed by atoms with Gasteiger partial charge in [0.05, 0.1) is 0 Å². The highest BCUT2D eigenvalue weighted by molar-refractivity contribution is 8.77. The van der Waals surface area contributed by atoms with Gasteiger partial charge in [0.25, 0.3) is 0 Å². The molecular formula is C18H36Cl2S2. The molecule has 0 bridgehead atoms. The molecule has 0 aliphatic rings. The number of halogens is 2. The second kappa shape index (κ2) is 15.8. The first-order chi connectivity index (χ1) is 10.5. The van der Waals surface area contributed by atoms with Gasteiger partial charge in [-0.05, 0) is 18.8 Å². The van der Waals surface area contributed by atoms with Crippen LogP contribution in [0.25, 0.3) is 0 Å². The highest BCUT2D eigenvalue weighted by Crippen LogP contribution is 2.42. The lowest BCUT2D eigenvalue weighted by Gasteiger charge is -2.28. The summed E-state index contributed by atoms with van der Waals surface area (Å²) in [6.07, 6.45) is 13.3. The molecule has 0 heterocycles. The normalized spacial score (nSPS) is 13.5. The Morgan fingerprint density at radius 1 is 0.727 bits per heavy atom. The predicted molar refractivity (Wildman–Crippen MR) is 111 cm³/mol. The van der Waals surface area contributed by atoms with Crippen LogP contribution >= 0.6 is 44.8 Å². The third-order valence-electron chi connectivity index (χ3n) is 3.93. The van der Waals surface area contributed by atoms with E-state index < -0.39 is 0 Å². The Morgan fingerprint density at radius 2 is 1.23 bits per heavy atom. The van der Waals surface area contributed by atoms with Crippen molar-refractivity contribution in [1.29, 1.82) is 0 Å². The van der Waals surface area contributed by atoms with Crippen molar-refractivity contribution >= 4 is 44.8 Å². The Bertz CT molecular complexity index is 223. The molecule has 0 aromatic rings. The molecule has 0 saturated heterocycles. The summed E-state index contributed by atoms with van der Waals surface area (Å²) in [6, 6.07) is 0. The van der Waals surface area contributed by atoms with Gasteiger partial charge in [-0.15, -0.1) is 23.2 Å². The molecule has 134 valence electrons. The smallest absolute Gasteiger partial charge is 0.104 e. The van der Waals surface area contributed by atoms with E-state index in [-0.39, 0.29) is 4.84 Å². The number of unbranched alkanes of at least 4 members (excludes halogenated alkanes) is 6. The van der Waals surface area contributed by atoms with Crippen molar-refractivity contribution in [1.82, 2.24) is 0 Å². The largest absolute Gasteiger partial charge is 0.120 e. The van der Waals surface area contributed by atoms with Crippen molar-refractivity contribution < 1.29 is 0 Å². The molecule has 0 nitrogen and oxygen atoms in total. The van der Waals surface area contributed by atoms with Crippen LogP contribution in [0.5, 0.6) is 0 Å². The molecule has 0 aliphatic carbocycles. The third-order valence-corrected chi connectivity index (χ3v) is 8.30. The molecule has 1 atom stereocenters. The van der Waals surface area contributed by atoms with Gasteiger partial charge in [-0.1, -0.05) is 101 Å². The average molecular weight is 388 g/mol. The van der Waals surface area contributed by atoms with E-state index in [9.17, 15) is 0 Å². The standard InChI is InChI=1S/C18H36Cl2S2/c1-5-7-9-11-13-16(14-12-10-8-6-2)17(18(19)20)22-21-15(3)4/h15-18H,5-14H2,1-4H3. The van der Waals surface area contributed by atoms with Crippen molar-refractivity contribution in [3.8, 4) is 0 Å². The molecule has 4 heteroatoms. The fourth-order valence-corrected chi connectivity index (χ4v) is 6.45. The van der Waals surface area contributed by atoms with E-state index in [2.05, 4.69) is 27.7 Å². The number of hydrogen-bond acceptors (Lipinski definition) is 2. The number of hydrogen-bond donors (Lipinski definition) is 0. The van der Waals surface area contributed by atoms with E-state index in [1.807, 2.05) is 21.6 Å². The van der Waals surface area contributed by atoms with Gasteiger partial charge in [-0.2, -0.15) is 0 Å². The van der Waals surface area contributed by atoms with Gasteiger partial charge in [0.1, 0.15) is 4.84 Å². The lowest BCUT2D eigenvalue weighted by molar-refractivity contribution is 0.401. The van der Waals surface area contributed by atoms with Gasteiger partial charge in [-0.25, -0.2) is 0 Å². The zero-order chi connectivity index (χ0) is 16.8. The molecule has 0 aromatic heterocycles. The Labute approximate surface area is 157 Å². The van der Waals surface area contributed by atoms with Crippen LogP contribution in [0.4, 0.5) is 0 Å². The highest BCUT2D eigenvalue weighted by Gasteiger charge is 2.27. The van der Waals surface area contributed by atoms with Crippen molar-refractivity contribution in [3.63, 3.8) is 0 Å². The molecule has 0 saturated carbocycles. The third kappa shape index (κ3) is 12.7. The monoisotopic (exact) mass is 386 g/mol. The molecule has 0 rings (SSSR count). The topological polar surface area (TPSA) is 0 Å². The van der Waals surface area contributed by atoms with E-state index in [0.29, 0.717) is 16.4 Å². The van der Waals surface area contributed by atoms with Crippen molar-refractivity contribution in [2.75, 3.05) is 0 Å². The Morgan fingerprint density at radius 3 is 1.59 bits per heavy atom. The molecule has 22 heavy (non-hydrogen) atoms. The van der Waals surface area contributed by atoms with Crippen molar-refractivity contribution in [3.05, 3.63) is 0 Å². The molecule has 0 N–H and O–H groups in total. The summed E-state index contributed by atoms with van der Waals surface area (Å²) in [6.45, 7) is 9.02. The lowest BCUT2D eigenvalue weighted by atomic mass is 9.92. The predicted octanol–water partition coefficient (Wildman–Crippen LogP) is 8.51. The average Bonchev–Trinajstić information content (AvgIpc) is 2.46. The maximum absolute atomic E-state index is 6.33. The molecule has 0 fully saturated rings. The van der Waals surface area contributed by atoms with Crippen LogP contribution in [0, 0.1) is 5.92 Å². The summed E-state index contributed by atoms with van der Waals surface area (Å²) in [5, 5.41) is 0.999. The Hall–Kier alpha value is 1.28. The number of rotatable bonds is 15. The van der Waals surface area contributed by atoms with Gasteiger partial charge < -0.3 is 0 Å². The SMILES string of the molecule is CCCCCCC(CCCCCC)C(SSC(C)C)C(Cl)Cl. The van der Waals surface area contributed by atoms with Gasteiger partial charge in [-0.3, -0.25) is 0 Å². The van der Waals surface area contributed by atoms with Gasteiger partial charge in [0, 0.05) is 10.5 Å². The molecule has 1 unspecified atom stereocenters. The van der Waals surface area contributed by atoms with E-state index in [1.165, 1.54) is 64.2 Å². The van der Waals surface area contributed by atoms with Crippen LogP contribution in [0.1, 0.15) is 91.9 Å². The minimum atomic E-state index is -0.251. The second-order valence-corrected chi connectivity index (χ2v) is 10.7. The molecule has 0 spiro atoms. The molecule has 0 radical (unpaired) electrons. The van der Waals surface area contributed by atoms with Crippen LogP contribution in [0.15, 0.2) is 0 Å². The van der Waals surface area contributed by atoms with Crippen LogP contribution in [0.3, 0.4) is 0 Å². The van der Waals surface area contributed by atoms with Crippen LogP contribution < -0.4 is 0 Å². The highest BCUT2D eigenvalue weighted by atomic mass is 35.5. The van der Waals surface area contributed by atoms with Gasteiger partial charge in [0.2, 0.25) is 0 Å². The van der Waals surface area contributed by atoms with Gasteiger partial charge >= 0.3 is 0 Å². The fraction of sp³-hybridized carbons (Fsp3) is 1.00. The van der Waals surface area contributed by atoms with E-state index in [0.717, 1.165) is 0 Å². The zero-order valence-corrected chi connectivity index (χ0v) is 18.1. The summed E-state index contributed by atoms with van der Waals surface area (Å²) in [5.41, 5.74) is 0. The number of alkyl halides is 2. The van der Waals surface area contributed by atoms with Crippen LogP contribution in [-0.2, 0) is 0 Å². The lowest BCUT2D eigenvalue weighted by Crippen LogP contribution is -2.24. The molecule has 0 aromatic carbocycles. The maximum Gasteiger partial charge on any atom is 0.120 e. The van der Waals surface area contributed by atoms with E-state index >= 15 is 0 Å². The summed E-state index contributed by atoms with van der Waals surface area (Å²) < 4.78 is 0. The molecule has 0 aliphatic heterocycles. The van der Waals surface area contributed by atoms with Crippen molar-refractivity contribution in [2.45, 2.75) is 107 Å².